The van der Waals surface area contributed by atoms with E-state index in [1.165, 1.54) is 0 Å². The maximum atomic E-state index is 12.5. The maximum absolute atomic E-state index is 12.5. The molecule has 26 heavy (non-hydrogen) atoms. The molecule has 3 aromatic rings. The zero-order valence-electron chi connectivity index (χ0n) is 14.4. The second-order valence-electron chi connectivity index (χ2n) is 5.59. The number of benzene rings is 2. The Hall–Kier alpha value is -2.86. The van der Waals surface area contributed by atoms with Crippen LogP contribution in [0.4, 0.5) is 0 Å². The first kappa shape index (κ1) is 17.9. The zero-order valence-corrected chi connectivity index (χ0v) is 15.2. The number of ether oxygens (including phenoxy) is 1. The minimum atomic E-state index is -0.453. The molecule has 0 bridgehead atoms. The molecule has 3 rings (SSSR count). The SMILES string of the molecule is CCOc1ccccc1C(=O)NC(C)c1nc(-c2ccc(Cl)cc2)no1. The monoisotopic (exact) mass is 371 g/mol. The van der Waals surface area contributed by atoms with E-state index in [2.05, 4.69) is 15.5 Å². The molecule has 1 amide bonds. The fraction of sp³-hybridized carbons (Fsp3) is 0.211. The minimum absolute atomic E-state index is 0.271. The number of aromatic nitrogens is 2. The van der Waals surface area contributed by atoms with Crippen molar-refractivity contribution in [2.24, 2.45) is 0 Å². The van der Waals surface area contributed by atoms with Crippen molar-refractivity contribution in [1.29, 1.82) is 0 Å². The highest BCUT2D eigenvalue weighted by molar-refractivity contribution is 6.30. The van der Waals surface area contributed by atoms with Gasteiger partial charge in [0.1, 0.15) is 11.8 Å². The number of nitrogens with zero attached hydrogens (tertiary/aromatic N) is 2. The number of hydrogen-bond acceptors (Lipinski definition) is 5. The van der Waals surface area contributed by atoms with Crippen LogP contribution in [0.25, 0.3) is 11.4 Å². The summed E-state index contributed by atoms with van der Waals surface area (Å²) in [6, 6.07) is 13.7. The Balaban J connectivity index is 1.73. The molecule has 0 aliphatic carbocycles. The van der Waals surface area contributed by atoms with Crippen molar-refractivity contribution in [3.8, 4) is 17.1 Å². The predicted molar refractivity (Wildman–Crippen MR) is 98.2 cm³/mol. The molecule has 134 valence electrons. The van der Waals surface area contributed by atoms with Crippen molar-refractivity contribution >= 4 is 17.5 Å². The smallest absolute Gasteiger partial charge is 0.255 e. The van der Waals surface area contributed by atoms with Crippen molar-refractivity contribution in [3.63, 3.8) is 0 Å². The van der Waals surface area contributed by atoms with E-state index in [1.807, 2.05) is 13.0 Å². The summed E-state index contributed by atoms with van der Waals surface area (Å²) in [5, 5.41) is 7.44. The molecule has 0 radical (unpaired) electrons. The predicted octanol–water partition coefficient (Wildman–Crippen LogP) is 4.28. The Morgan fingerprint density at radius 2 is 1.96 bits per heavy atom. The van der Waals surface area contributed by atoms with Crippen LogP contribution in [0.15, 0.2) is 53.1 Å². The van der Waals surface area contributed by atoms with Gasteiger partial charge in [-0.25, -0.2) is 0 Å². The van der Waals surface area contributed by atoms with Crippen LogP contribution >= 0.6 is 11.6 Å². The van der Waals surface area contributed by atoms with E-state index in [0.717, 1.165) is 5.56 Å². The minimum Gasteiger partial charge on any atom is -0.493 e. The van der Waals surface area contributed by atoms with Crippen LogP contribution < -0.4 is 10.1 Å². The van der Waals surface area contributed by atoms with Gasteiger partial charge in [0.2, 0.25) is 11.7 Å². The summed E-state index contributed by atoms with van der Waals surface area (Å²) < 4.78 is 10.8. The van der Waals surface area contributed by atoms with E-state index >= 15 is 0 Å². The van der Waals surface area contributed by atoms with Gasteiger partial charge in [0.15, 0.2) is 0 Å². The lowest BCUT2D eigenvalue weighted by atomic mass is 10.1. The van der Waals surface area contributed by atoms with Gasteiger partial charge in [0, 0.05) is 10.6 Å². The molecule has 0 aliphatic heterocycles. The second-order valence-corrected chi connectivity index (χ2v) is 6.02. The van der Waals surface area contributed by atoms with Gasteiger partial charge < -0.3 is 14.6 Å². The fourth-order valence-electron chi connectivity index (χ4n) is 2.40. The van der Waals surface area contributed by atoms with Gasteiger partial charge in [-0.05, 0) is 50.2 Å². The highest BCUT2D eigenvalue weighted by Crippen LogP contribution is 2.22. The van der Waals surface area contributed by atoms with Crippen LogP contribution in [-0.4, -0.2) is 22.7 Å². The van der Waals surface area contributed by atoms with E-state index in [1.54, 1.807) is 49.4 Å². The number of hydrogen-bond donors (Lipinski definition) is 1. The number of para-hydroxylation sites is 1. The summed E-state index contributed by atoms with van der Waals surface area (Å²) in [5.41, 5.74) is 1.24. The Kier molecular flexibility index (Phi) is 5.53. The van der Waals surface area contributed by atoms with Crippen molar-refractivity contribution in [2.75, 3.05) is 6.61 Å². The third-order valence-electron chi connectivity index (χ3n) is 3.69. The molecule has 1 atom stereocenters. The van der Waals surface area contributed by atoms with Gasteiger partial charge in [-0.1, -0.05) is 28.9 Å². The summed E-state index contributed by atoms with van der Waals surface area (Å²) in [5.74, 6) is 1.02. The highest BCUT2D eigenvalue weighted by Gasteiger charge is 2.20. The van der Waals surface area contributed by atoms with Crippen molar-refractivity contribution in [3.05, 3.63) is 65.0 Å². The van der Waals surface area contributed by atoms with E-state index < -0.39 is 6.04 Å². The number of carbonyl (C=O) groups excluding carboxylic acids is 1. The third-order valence-corrected chi connectivity index (χ3v) is 3.95. The summed E-state index contributed by atoms with van der Waals surface area (Å²) in [6.07, 6.45) is 0. The van der Waals surface area contributed by atoms with Gasteiger partial charge >= 0.3 is 0 Å². The van der Waals surface area contributed by atoms with Crippen LogP contribution in [-0.2, 0) is 0 Å². The topological polar surface area (TPSA) is 77.2 Å². The van der Waals surface area contributed by atoms with Crippen LogP contribution in [0.5, 0.6) is 5.75 Å². The molecule has 6 nitrogen and oxygen atoms in total. The first-order valence-electron chi connectivity index (χ1n) is 8.20. The molecular weight excluding hydrogens is 354 g/mol. The standard InChI is InChI=1S/C19H18ClN3O3/c1-3-25-16-7-5-4-6-15(16)18(24)21-12(2)19-22-17(23-26-19)13-8-10-14(20)11-9-13/h4-12H,3H2,1-2H3,(H,21,24). The summed E-state index contributed by atoms with van der Waals surface area (Å²) in [6.45, 7) is 4.13. The molecule has 0 saturated carbocycles. The molecule has 0 saturated heterocycles. The second kappa shape index (κ2) is 8.01. The molecule has 2 aromatic carbocycles. The van der Waals surface area contributed by atoms with Crippen LogP contribution in [0, 0.1) is 0 Å². The van der Waals surface area contributed by atoms with E-state index in [9.17, 15) is 4.79 Å². The largest absolute Gasteiger partial charge is 0.493 e. The Bertz CT molecular complexity index is 893. The van der Waals surface area contributed by atoms with Crippen LogP contribution in [0.2, 0.25) is 5.02 Å². The quantitative estimate of drug-likeness (QED) is 0.699. The lowest BCUT2D eigenvalue weighted by molar-refractivity contribution is 0.0928. The summed E-state index contributed by atoms with van der Waals surface area (Å²) in [4.78, 5) is 16.9. The van der Waals surface area contributed by atoms with Crippen molar-refractivity contribution in [1.82, 2.24) is 15.5 Å². The van der Waals surface area contributed by atoms with Crippen LogP contribution in [0.3, 0.4) is 0 Å². The Labute approximate surface area is 156 Å². The molecule has 0 aliphatic rings. The van der Waals surface area contributed by atoms with E-state index in [4.69, 9.17) is 20.9 Å². The normalized spacial score (nSPS) is 11.8. The lowest BCUT2D eigenvalue weighted by Crippen LogP contribution is -2.27. The molecule has 1 N–H and O–H groups in total. The first-order valence-corrected chi connectivity index (χ1v) is 8.58. The third kappa shape index (κ3) is 4.03. The van der Waals surface area contributed by atoms with Gasteiger partial charge in [0.05, 0.1) is 12.2 Å². The van der Waals surface area contributed by atoms with Gasteiger partial charge in [-0.2, -0.15) is 4.98 Å². The molecular formula is C19H18ClN3O3. The number of carbonyl (C=O) groups is 1. The lowest BCUT2D eigenvalue weighted by Gasteiger charge is -2.12. The van der Waals surface area contributed by atoms with Gasteiger partial charge in [-0.15, -0.1) is 0 Å². The average molecular weight is 372 g/mol. The fourth-order valence-corrected chi connectivity index (χ4v) is 2.53. The Morgan fingerprint density at radius 3 is 2.69 bits per heavy atom. The summed E-state index contributed by atoms with van der Waals surface area (Å²) in [7, 11) is 0. The number of nitrogens with one attached hydrogen (secondary N) is 1. The Morgan fingerprint density at radius 1 is 1.23 bits per heavy atom. The van der Waals surface area contributed by atoms with Gasteiger partial charge in [-0.3, -0.25) is 4.79 Å². The number of amides is 1. The van der Waals surface area contributed by atoms with E-state index in [0.29, 0.717) is 34.7 Å². The number of halogens is 1. The summed E-state index contributed by atoms with van der Waals surface area (Å²) >= 11 is 5.88. The van der Waals surface area contributed by atoms with Crippen molar-refractivity contribution in [2.45, 2.75) is 19.9 Å². The average Bonchev–Trinajstić information content (AvgIpc) is 3.13. The van der Waals surface area contributed by atoms with Gasteiger partial charge in [0.25, 0.3) is 5.91 Å². The molecule has 1 aromatic heterocycles. The molecule has 1 heterocycles. The first-order chi connectivity index (χ1) is 12.6. The maximum Gasteiger partial charge on any atom is 0.255 e. The van der Waals surface area contributed by atoms with Crippen LogP contribution in [0.1, 0.15) is 36.1 Å². The molecule has 1 unspecified atom stereocenters. The highest BCUT2D eigenvalue weighted by atomic mass is 35.5. The molecule has 0 fully saturated rings. The number of rotatable bonds is 6. The zero-order chi connectivity index (χ0) is 18.5. The molecule has 7 heteroatoms. The van der Waals surface area contributed by atoms with Crippen molar-refractivity contribution < 1.29 is 14.1 Å². The molecule has 0 spiro atoms. The van der Waals surface area contributed by atoms with E-state index in [-0.39, 0.29) is 5.91 Å².